The molecule has 0 aliphatic rings. The number of hydrogen-bond acceptors (Lipinski definition) is 4. The van der Waals surface area contributed by atoms with Crippen LogP contribution in [0.15, 0.2) is 50.2 Å². The zero-order chi connectivity index (χ0) is 14.0. The van der Waals surface area contributed by atoms with Gasteiger partial charge in [-0.25, -0.2) is 4.79 Å². The summed E-state index contributed by atoms with van der Waals surface area (Å²) in [6, 6.07) is 8.69. The molecule has 0 saturated heterocycles. The molecule has 2 aromatic heterocycles. The van der Waals surface area contributed by atoms with E-state index in [0.29, 0.717) is 5.58 Å². The summed E-state index contributed by atoms with van der Waals surface area (Å²) in [5, 5.41) is 1.91. The van der Waals surface area contributed by atoms with E-state index in [-0.39, 0.29) is 5.63 Å². The molecule has 3 rings (SSSR count). The quantitative estimate of drug-likeness (QED) is 0.484. The molecule has 2 N–H and O–H groups in total. The molecular weight excluding hydrogens is 271 g/mol. The average molecular weight is 282 g/mol. The lowest BCUT2D eigenvalue weighted by molar-refractivity contribution is 0.381. The molecule has 3 aromatic rings. The van der Waals surface area contributed by atoms with Gasteiger partial charge >= 0.3 is 13.2 Å². The van der Waals surface area contributed by atoms with Crippen LogP contribution in [-0.2, 0) is 4.57 Å². The lowest BCUT2D eigenvalue weighted by Crippen LogP contribution is -1.93. The van der Waals surface area contributed by atoms with Crippen LogP contribution in [-0.4, -0.2) is 16.5 Å². The first kappa shape index (κ1) is 13.5. The Morgan fingerprint density at radius 1 is 1.05 bits per heavy atom. The molecule has 0 bridgehead atoms. The van der Waals surface area contributed by atoms with Crippen molar-refractivity contribution in [3.63, 3.8) is 0 Å². The highest BCUT2D eigenvalue weighted by Gasteiger charge is 2.02. The van der Waals surface area contributed by atoms with Gasteiger partial charge in [-0.05, 0) is 18.2 Å². The van der Waals surface area contributed by atoms with Crippen LogP contribution in [0.2, 0.25) is 0 Å². The Kier molecular flexibility index (Phi) is 3.57. The molecule has 7 heteroatoms. The van der Waals surface area contributed by atoms with Gasteiger partial charge in [0.1, 0.15) is 11.2 Å². The van der Waals surface area contributed by atoms with E-state index in [1.165, 1.54) is 6.07 Å². The largest absolute Gasteiger partial charge is 0.464 e. The zero-order valence-electron chi connectivity index (χ0n) is 9.94. The van der Waals surface area contributed by atoms with Gasteiger partial charge in [0.15, 0.2) is 0 Å². The van der Waals surface area contributed by atoms with E-state index >= 15 is 0 Å². The summed E-state index contributed by atoms with van der Waals surface area (Å²) in [4.78, 5) is 26.2. The maximum Gasteiger partial charge on any atom is 0.336 e. The van der Waals surface area contributed by atoms with E-state index < -0.39 is 7.60 Å². The number of fused-ring (bicyclic) bond motifs is 2. The summed E-state index contributed by atoms with van der Waals surface area (Å²) in [6.07, 6.45) is 1.61. The molecule has 19 heavy (non-hydrogen) atoms. The van der Waals surface area contributed by atoms with Crippen LogP contribution in [0.4, 0.5) is 0 Å². The highest BCUT2D eigenvalue weighted by Crippen LogP contribution is 2.26. The van der Waals surface area contributed by atoms with Crippen molar-refractivity contribution in [2.45, 2.75) is 0 Å². The lowest BCUT2D eigenvalue weighted by atomic mass is 10.2. The molecule has 0 fully saturated rings. The maximum atomic E-state index is 11.0. The minimum absolute atomic E-state index is 0.344. The molecule has 2 heterocycles. The maximum absolute atomic E-state index is 11.0. The summed E-state index contributed by atoms with van der Waals surface area (Å²) in [6.45, 7) is 0.854. The van der Waals surface area contributed by atoms with E-state index in [4.69, 9.17) is 18.6 Å². The molecule has 0 saturated carbocycles. The number of furan rings is 1. The third-order valence-electron chi connectivity index (χ3n) is 2.19. The average Bonchev–Trinajstić information content (AvgIpc) is 2.70. The second-order valence-electron chi connectivity index (χ2n) is 3.94. The molecule has 1 aromatic carbocycles. The lowest BCUT2D eigenvalue weighted by Gasteiger charge is -1.94. The Morgan fingerprint density at radius 2 is 1.68 bits per heavy atom. The van der Waals surface area contributed by atoms with Gasteiger partial charge in [0, 0.05) is 29.6 Å². The molecule has 0 spiro atoms. The molecular formula is C12H11O6P. The van der Waals surface area contributed by atoms with Crippen molar-refractivity contribution in [2.75, 3.05) is 6.66 Å². The number of benzene rings is 1. The molecule has 6 nitrogen and oxygen atoms in total. The Labute approximate surface area is 107 Å². The third kappa shape index (κ3) is 3.79. The summed E-state index contributed by atoms with van der Waals surface area (Å²) >= 11 is 0. The van der Waals surface area contributed by atoms with Crippen molar-refractivity contribution in [2.24, 2.45) is 0 Å². The first-order chi connectivity index (χ1) is 8.83. The predicted molar refractivity (Wildman–Crippen MR) is 70.2 cm³/mol. The fourth-order valence-corrected chi connectivity index (χ4v) is 1.53. The van der Waals surface area contributed by atoms with Crippen molar-refractivity contribution >= 4 is 29.5 Å². The molecule has 0 unspecified atom stereocenters. The number of hydrogen-bond donors (Lipinski definition) is 2. The van der Waals surface area contributed by atoms with Crippen LogP contribution in [0, 0.1) is 0 Å². The second-order valence-corrected chi connectivity index (χ2v) is 5.61. The number of rotatable bonds is 0. The van der Waals surface area contributed by atoms with E-state index in [0.717, 1.165) is 23.0 Å². The van der Waals surface area contributed by atoms with Gasteiger partial charge in [-0.2, -0.15) is 0 Å². The Balaban J connectivity index is 0.000000232. The van der Waals surface area contributed by atoms with Crippen LogP contribution in [0.3, 0.4) is 0 Å². The normalized spacial score (nSPS) is 11.3. The van der Waals surface area contributed by atoms with Crippen LogP contribution in [0.25, 0.3) is 21.9 Å². The summed E-state index contributed by atoms with van der Waals surface area (Å²) in [7, 11) is -3.64. The van der Waals surface area contributed by atoms with Gasteiger partial charge in [-0.15, -0.1) is 0 Å². The van der Waals surface area contributed by atoms with Crippen molar-refractivity contribution < 1.29 is 23.2 Å². The summed E-state index contributed by atoms with van der Waals surface area (Å²) < 4.78 is 19.6. The van der Waals surface area contributed by atoms with E-state index in [1.807, 2.05) is 12.1 Å². The van der Waals surface area contributed by atoms with Crippen molar-refractivity contribution in [3.8, 4) is 0 Å². The smallest absolute Gasteiger partial charge is 0.336 e. The molecule has 0 aliphatic carbocycles. The summed E-state index contributed by atoms with van der Waals surface area (Å²) in [5.41, 5.74) is 0.940. The molecule has 0 amide bonds. The van der Waals surface area contributed by atoms with E-state index in [1.54, 1.807) is 18.4 Å². The highest BCUT2D eigenvalue weighted by atomic mass is 31.2. The minimum atomic E-state index is -3.64. The second kappa shape index (κ2) is 5.01. The van der Waals surface area contributed by atoms with E-state index in [9.17, 15) is 9.36 Å². The van der Waals surface area contributed by atoms with Gasteiger partial charge in [-0.1, -0.05) is 0 Å². The van der Waals surface area contributed by atoms with Gasteiger partial charge in [0.25, 0.3) is 0 Å². The van der Waals surface area contributed by atoms with Gasteiger partial charge in [0.05, 0.1) is 6.26 Å². The highest BCUT2D eigenvalue weighted by molar-refractivity contribution is 7.50. The first-order valence-corrected chi connectivity index (χ1v) is 7.33. The van der Waals surface area contributed by atoms with Crippen molar-refractivity contribution in [1.82, 2.24) is 0 Å². The van der Waals surface area contributed by atoms with Crippen LogP contribution >= 0.6 is 7.60 Å². The van der Waals surface area contributed by atoms with Crippen LogP contribution in [0.1, 0.15) is 0 Å². The first-order valence-electron chi connectivity index (χ1n) is 5.27. The Hall–Kier alpha value is -1.88. The third-order valence-corrected chi connectivity index (χ3v) is 2.19. The molecule has 0 radical (unpaired) electrons. The fourth-order valence-electron chi connectivity index (χ4n) is 1.53. The fraction of sp³-hybridized carbons (Fsp3) is 0.0833. The standard InChI is InChI=1S/C11H6O3.CH5O3P/c12-11-2-1-7-5-8-3-4-13-9(8)6-10(7)14-11;1-5(2,3)4/h1-6H;1H3,(H2,2,3,4). The van der Waals surface area contributed by atoms with Gasteiger partial charge < -0.3 is 18.6 Å². The van der Waals surface area contributed by atoms with Crippen LogP contribution in [0.5, 0.6) is 0 Å². The minimum Gasteiger partial charge on any atom is -0.464 e. The molecule has 100 valence electrons. The van der Waals surface area contributed by atoms with Gasteiger partial charge in [-0.3, -0.25) is 4.57 Å². The predicted octanol–water partition coefficient (Wildman–Crippen LogP) is 2.33. The monoisotopic (exact) mass is 282 g/mol. The molecule has 0 atom stereocenters. The van der Waals surface area contributed by atoms with Gasteiger partial charge in [0.2, 0.25) is 0 Å². The van der Waals surface area contributed by atoms with Crippen molar-refractivity contribution in [3.05, 3.63) is 47.0 Å². The zero-order valence-corrected chi connectivity index (χ0v) is 10.8. The molecule has 0 aliphatic heterocycles. The SMILES string of the molecule is CP(=O)(O)O.O=c1ccc2cc3ccoc3cc2o1. The van der Waals surface area contributed by atoms with E-state index in [2.05, 4.69) is 0 Å². The van der Waals surface area contributed by atoms with Crippen molar-refractivity contribution in [1.29, 1.82) is 0 Å². The topological polar surface area (TPSA) is 101 Å². The Bertz CT molecular complexity index is 801. The Morgan fingerprint density at radius 3 is 2.37 bits per heavy atom. The summed E-state index contributed by atoms with van der Waals surface area (Å²) in [5.74, 6) is 0. The van der Waals surface area contributed by atoms with Crippen LogP contribution < -0.4 is 5.63 Å².